The minimum absolute atomic E-state index is 0.156. The van der Waals surface area contributed by atoms with Crippen molar-refractivity contribution in [1.29, 1.82) is 0 Å². The number of carbonyl (C=O) groups is 1. The highest BCUT2D eigenvalue weighted by Crippen LogP contribution is 2.62. The van der Waals surface area contributed by atoms with Crippen LogP contribution < -0.4 is 5.73 Å². The summed E-state index contributed by atoms with van der Waals surface area (Å²) in [7, 11) is 0. The first-order valence-electron chi connectivity index (χ1n) is 5.54. The molecule has 0 spiro atoms. The molecule has 0 radical (unpaired) electrons. The number of carbonyl (C=O) groups excluding carboxylic acids is 1. The summed E-state index contributed by atoms with van der Waals surface area (Å²) >= 11 is 11.9. The van der Waals surface area contributed by atoms with E-state index in [0.29, 0.717) is 6.42 Å². The average molecular weight is 268 g/mol. The van der Waals surface area contributed by atoms with Gasteiger partial charge in [0.15, 0.2) is 0 Å². The highest BCUT2D eigenvalue weighted by Gasteiger charge is 2.57. The summed E-state index contributed by atoms with van der Waals surface area (Å²) in [5.74, 6) is -0.192. The third kappa shape index (κ3) is 1.20. The lowest BCUT2D eigenvalue weighted by Crippen LogP contribution is -2.39. The second kappa shape index (κ2) is 3.50. The van der Waals surface area contributed by atoms with Gasteiger partial charge in [0.25, 0.3) is 0 Å². The van der Waals surface area contributed by atoms with Crippen molar-refractivity contribution in [3.63, 3.8) is 0 Å². The van der Waals surface area contributed by atoms with Crippen LogP contribution in [0.4, 0.5) is 0 Å². The monoisotopic (exact) mass is 267 g/mol. The Balaban J connectivity index is 2.36. The number of hydrogen-bond acceptors (Lipinski definition) is 1. The van der Waals surface area contributed by atoms with E-state index in [2.05, 4.69) is 0 Å². The van der Waals surface area contributed by atoms with Crippen molar-refractivity contribution < 1.29 is 4.79 Å². The fourth-order valence-electron chi connectivity index (χ4n) is 3.40. The molecule has 4 heteroatoms. The molecule has 1 aromatic carbocycles. The van der Waals surface area contributed by atoms with E-state index in [1.807, 2.05) is 24.3 Å². The van der Waals surface area contributed by atoms with Gasteiger partial charge in [0.2, 0.25) is 5.91 Å². The summed E-state index contributed by atoms with van der Waals surface area (Å²) in [6.07, 6.45) is 1.60. The molecule has 0 heterocycles. The average Bonchev–Trinajstić information content (AvgIpc) is 2.82. The van der Waals surface area contributed by atoms with Crippen molar-refractivity contribution >= 4 is 29.1 Å². The van der Waals surface area contributed by atoms with Crippen molar-refractivity contribution in [1.82, 2.24) is 0 Å². The summed E-state index contributed by atoms with van der Waals surface area (Å²) in [5, 5.41) is 0. The number of benzene rings is 1. The third-order valence-corrected chi connectivity index (χ3v) is 4.44. The highest BCUT2D eigenvalue weighted by atomic mass is 35.5. The molecule has 2 aliphatic carbocycles. The molecule has 2 bridgehead atoms. The van der Waals surface area contributed by atoms with Crippen LogP contribution in [0, 0.1) is 0 Å². The lowest BCUT2D eigenvalue weighted by Gasteiger charge is -2.25. The minimum atomic E-state index is -0.764. The van der Waals surface area contributed by atoms with Gasteiger partial charge in [-0.3, -0.25) is 4.79 Å². The zero-order chi connectivity index (χ0) is 12.2. The van der Waals surface area contributed by atoms with Gasteiger partial charge in [-0.1, -0.05) is 47.5 Å². The molecule has 1 amide bonds. The van der Waals surface area contributed by atoms with Gasteiger partial charge in [0.1, 0.15) is 4.49 Å². The zero-order valence-corrected chi connectivity index (χ0v) is 10.6. The Morgan fingerprint density at radius 2 is 2.06 bits per heavy atom. The zero-order valence-electron chi connectivity index (χ0n) is 9.04. The van der Waals surface area contributed by atoms with Crippen LogP contribution in [-0.4, -0.2) is 5.91 Å². The second-order valence-electron chi connectivity index (χ2n) is 4.62. The van der Waals surface area contributed by atoms with Crippen LogP contribution in [0.5, 0.6) is 0 Å². The molecular weight excluding hydrogens is 257 g/mol. The number of hydrogen-bond donors (Lipinski definition) is 1. The van der Waals surface area contributed by atoms with Crippen LogP contribution in [0.25, 0.3) is 0 Å². The van der Waals surface area contributed by atoms with Crippen molar-refractivity contribution in [3.05, 3.63) is 45.5 Å². The fraction of sp³-hybridized carbons (Fsp3) is 0.308. The molecule has 1 aromatic rings. The maximum atomic E-state index is 11.9. The molecule has 0 unspecified atom stereocenters. The van der Waals surface area contributed by atoms with Gasteiger partial charge in [-0.15, -0.1) is 0 Å². The molecular formula is C13H11Cl2NO. The molecule has 1 saturated carbocycles. The van der Waals surface area contributed by atoms with Crippen molar-refractivity contribution in [2.75, 3.05) is 0 Å². The fourth-order valence-corrected chi connectivity index (χ4v) is 3.99. The van der Waals surface area contributed by atoms with Gasteiger partial charge < -0.3 is 5.73 Å². The Bertz CT molecular complexity index is 548. The largest absolute Gasteiger partial charge is 0.369 e. The molecule has 2 nitrogen and oxygen atoms in total. The van der Waals surface area contributed by atoms with Gasteiger partial charge in [-0.25, -0.2) is 0 Å². The van der Waals surface area contributed by atoms with E-state index < -0.39 is 5.41 Å². The smallest absolute Gasteiger partial charge is 0.232 e. The topological polar surface area (TPSA) is 43.1 Å². The van der Waals surface area contributed by atoms with Crippen molar-refractivity contribution in [2.24, 2.45) is 5.73 Å². The first kappa shape index (κ1) is 11.1. The number of primary amides is 1. The lowest BCUT2D eigenvalue weighted by atomic mass is 9.77. The number of rotatable bonds is 1. The Kier molecular flexibility index (Phi) is 2.29. The predicted molar refractivity (Wildman–Crippen MR) is 68.0 cm³/mol. The second-order valence-corrected chi connectivity index (χ2v) is 5.57. The third-order valence-electron chi connectivity index (χ3n) is 4.04. The number of nitrogens with two attached hydrogens (primary N) is 1. The van der Waals surface area contributed by atoms with Gasteiger partial charge in [0, 0.05) is 5.92 Å². The predicted octanol–water partition coefficient (Wildman–Crippen LogP) is 2.99. The SMILES string of the molecule is NC(=O)[C@]12CC[C@@H](C1=C(Cl)Cl)c1ccccc12. The Labute approximate surface area is 109 Å². The Hall–Kier alpha value is -0.990. The summed E-state index contributed by atoms with van der Waals surface area (Å²) < 4.78 is 0.197. The van der Waals surface area contributed by atoms with Crippen LogP contribution in [0.2, 0.25) is 0 Å². The molecule has 88 valence electrons. The molecule has 1 fully saturated rings. The van der Waals surface area contributed by atoms with Crippen molar-refractivity contribution in [2.45, 2.75) is 24.2 Å². The summed E-state index contributed by atoms with van der Waals surface area (Å²) in [4.78, 5) is 11.9. The maximum absolute atomic E-state index is 11.9. The van der Waals surface area contributed by atoms with Gasteiger partial charge in [-0.05, 0) is 29.5 Å². The highest BCUT2D eigenvalue weighted by molar-refractivity contribution is 6.56. The molecule has 2 aliphatic rings. The maximum Gasteiger partial charge on any atom is 0.232 e. The molecule has 0 aliphatic heterocycles. The van der Waals surface area contributed by atoms with E-state index in [1.165, 1.54) is 0 Å². The number of fused-ring (bicyclic) bond motifs is 5. The quantitative estimate of drug-likeness (QED) is 0.835. The van der Waals surface area contributed by atoms with Crippen LogP contribution >= 0.6 is 23.2 Å². The molecule has 0 saturated heterocycles. The van der Waals surface area contributed by atoms with E-state index in [-0.39, 0.29) is 16.3 Å². The van der Waals surface area contributed by atoms with Crippen molar-refractivity contribution in [3.8, 4) is 0 Å². The van der Waals surface area contributed by atoms with Gasteiger partial charge in [0.05, 0.1) is 5.41 Å². The normalized spacial score (nSPS) is 29.3. The standard InChI is InChI=1S/C13H11Cl2NO/c14-11(15)10-8-5-6-13(10,12(16)17)9-4-2-1-3-7(8)9/h1-4,8H,5-6H2,(H2,16,17)/t8-,13+/m1/s1. The lowest BCUT2D eigenvalue weighted by molar-refractivity contribution is -0.122. The first-order valence-corrected chi connectivity index (χ1v) is 6.29. The van der Waals surface area contributed by atoms with E-state index in [4.69, 9.17) is 28.9 Å². The molecule has 3 rings (SSSR count). The van der Waals surface area contributed by atoms with E-state index in [1.54, 1.807) is 0 Å². The summed E-state index contributed by atoms with van der Waals surface area (Å²) in [6, 6.07) is 7.87. The summed E-state index contributed by atoms with van der Waals surface area (Å²) in [5.41, 5.74) is 7.79. The molecule has 2 atom stereocenters. The summed E-state index contributed by atoms with van der Waals surface area (Å²) in [6.45, 7) is 0. The molecule has 2 N–H and O–H groups in total. The number of halogens is 2. The molecule has 17 heavy (non-hydrogen) atoms. The van der Waals surface area contributed by atoms with E-state index in [9.17, 15) is 4.79 Å². The van der Waals surface area contributed by atoms with Gasteiger partial charge in [-0.2, -0.15) is 0 Å². The van der Waals surface area contributed by atoms with Crippen LogP contribution in [0.15, 0.2) is 34.3 Å². The van der Waals surface area contributed by atoms with Crippen LogP contribution in [0.1, 0.15) is 29.9 Å². The minimum Gasteiger partial charge on any atom is -0.369 e. The first-order chi connectivity index (χ1) is 8.09. The number of amides is 1. The van der Waals surface area contributed by atoms with Crippen LogP contribution in [0.3, 0.4) is 0 Å². The van der Waals surface area contributed by atoms with E-state index in [0.717, 1.165) is 23.1 Å². The Morgan fingerprint density at radius 3 is 2.71 bits per heavy atom. The van der Waals surface area contributed by atoms with E-state index >= 15 is 0 Å². The van der Waals surface area contributed by atoms with Gasteiger partial charge >= 0.3 is 0 Å². The Morgan fingerprint density at radius 1 is 1.35 bits per heavy atom. The molecule has 0 aromatic heterocycles. The van der Waals surface area contributed by atoms with Crippen LogP contribution in [-0.2, 0) is 10.2 Å².